The first-order valence-electron chi connectivity index (χ1n) is 4.16. The van der Waals surface area contributed by atoms with Crippen molar-refractivity contribution in [3.05, 3.63) is 29.8 Å². The van der Waals surface area contributed by atoms with Crippen LogP contribution in [0.25, 0.3) is 0 Å². The molecule has 0 aliphatic heterocycles. The number of benzene rings is 1. The van der Waals surface area contributed by atoms with Crippen molar-refractivity contribution in [2.45, 2.75) is 20.0 Å². The van der Waals surface area contributed by atoms with E-state index in [1.54, 1.807) is 0 Å². The minimum atomic E-state index is 0.0890. The van der Waals surface area contributed by atoms with Gasteiger partial charge in [0.05, 0.1) is 0 Å². The molecule has 0 amide bonds. The molecule has 0 aliphatic carbocycles. The summed E-state index contributed by atoms with van der Waals surface area (Å²) in [6.45, 7) is 4.54. The van der Waals surface area contributed by atoms with Crippen LogP contribution in [-0.2, 0) is 0 Å². The number of hydrogen-bond donors (Lipinski definition) is 1. The van der Waals surface area contributed by atoms with Crippen LogP contribution < -0.4 is 10.5 Å². The Morgan fingerprint density at radius 1 is 1.42 bits per heavy atom. The molecule has 0 aliphatic rings. The lowest BCUT2D eigenvalue weighted by Crippen LogP contribution is -2.23. The molecule has 1 aromatic rings. The predicted molar refractivity (Wildman–Crippen MR) is 50.3 cm³/mol. The Kier molecular flexibility index (Phi) is 3.11. The molecule has 0 aromatic heterocycles. The van der Waals surface area contributed by atoms with Gasteiger partial charge >= 0.3 is 0 Å². The number of hydrogen-bond acceptors (Lipinski definition) is 2. The fourth-order valence-electron chi connectivity index (χ4n) is 0.954. The lowest BCUT2D eigenvalue weighted by Gasteiger charge is -2.13. The van der Waals surface area contributed by atoms with Crippen molar-refractivity contribution in [2.75, 3.05) is 6.54 Å². The Balaban J connectivity index is 2.69. The van der Waals surface area contributed by atoms with Gasteiger partial charge in [-0.2, -0.15) is 0 Å². The standard InChI is InChI=1S/C10H15NO/c1-8-5-3-4-6-10(8)12-9(2)7-11/h3-6,9H,7,11H2,1-2H3/t9-/m0/s1. The van der Waals surface area contributed by atoms with Crippen LogP contribution in [0, 0.1) is 6.92 Å². The highest BCUT2D eigenvalue weighted by atomic mass is 16.5. The molecule has 0 spiro atoms. The van der Waals surface area contributed by atoms with E-state index in [1.165, 1.54) is 0 Å². The van der Waals surface area contributed by atoms with Crippen molar-refractivity contribution in [1.82, 2.24) is 0 Å². The third kappa shape index (κ3) is 2.24. The lowest BCUT2D eigenvalue weighted by molar-refractivity contribution is 0.228. The van der Waals surface area contributed by atoms with Gasteiger partial charge < -0.3 is 10.5 Å². The van der Waals surface area contributed by atoms with Gasteiger partial charge in [-0.1, -0.05) is 18.2 Å². The van der Waals surface area contributed by atoms with Crippen molar-refractivity contribution in [3.63, 3.8) is 0 Å². The summed E-state index contributed by atoms with van der Waals surface area (Å²) in [6.07, 6.45) is 0.0890. The van der Waals surface area contributed by atoms with Crippen LogP contribution in [0.3, 0.4) is 0 Å². The van der Waals surface area contributed by atoms with Crippen LogP contribution in [0.1, 0.15) is 12.5 Å². The third-order valence-electron chi connectivity index (χ3n) is 1.75. The zero-order valence-corrected chi connectivity index (χ0v) is 7.58. The largest absolute Gasteiger partial charge is 0.489 e. The van der Waals surface area contributed by atoms with Gasteiger partial charge in [0.1, 0.15) is 11.9 Å². The van der Waals surface area contributed by atoms with Crippen LogP contribution >= 0.6 is 0 Å². The molecule has 2 nitrogen and oxygen atoms in total. The minimum absolute atomic E-state index is 0.0890. The summed E-state index contributed by atoms with van der Waals surface area (Å²) in [5, 5.41) is 0. The molecule has 2 N–H and O–H groups in total. The number of aryl methyl sites for hydroxylation is 1. The summed E-state index contributed by atoms with van der Waals surface area (Å²) in [5.74, 6) is 0.926. The molecule has 0 radical (unpaired) electrons. The van der Waals surface area contributed by atoms with Crippen molar-refractivity contribution in [1.29, 1.82) is 0 Å². The summed E-state index contributed by atoms with van der Waals surface area (Å²) in [4.78, 5) is 0. The molecule has 0 bridgehead atoms. The highest BCUT2D eigenvalue weighted by Gasteiger charge is 2.02. The van der Waals surface area contributed by atoms with Crippen molar-refractivity contribution < 1.29 is 4.74 Å². The monoisotopic (exact) mass is 165 g/mol. The minimum Gasteiger partial charge on any atom is -0.489 e. The second kappa shape index (κ2) is 4.12. The van der Waals surface area contributed by atoms with Gasteiger partial charge in [0.25, 0.3) is 0 Å². The summed E-state index contributed by atoms with van der Waals surface area (Å²) >= 11 is 0. The maximum Gasteiger partial charge on any atom is 0.122 e. The van der Waals surface area contributed by atoms with Crippen LogP contribution in [0.2, 0.25) is 0 Å². The average Bonchev–Trinajstić information content (AvgIpc) is 2.09. The topological polar surface area (TPSA) is 35.2 Å². The second-order valence-electron chi connectivity index (χ2n) is 2.93. The van der Waals surface area contributed by atoms with E-state index in [2.05, 4.69) is 0 Å². The van der Waals surface area contributed by atoms with E-state index >= 15 is 0 Å². The fraction of sp³-hybridized carbons (Fsp3) is 0.400. The number of nitrogens with two attached hydrogens (primary N) is 1. The first-order valence-corrected chi connectivity index (χ1v) is 4.16. The molecule has 12 heavy (non-hydrogen) atoms. The molecular weight excluding hydrogens is 150 g/mol. The van der Waals surface area contributed by atoms with Crippen molar-refractivity contribution in [2.24, 2.45) is 5.73 Å². The molecule has 1 rings (SSSR count). The zero-order chi connectivity index (χ0) is 8.97. The third-order valence-corrected chi connectivity index (χ3v) is 1.75. The van der Waals surface area contributed by atoms with E-state index in [9.17, 15) is 0 Å². The molecule has 0 fully saturated rings. The Hall–Kier alpha value is -1.02. The van der Waals surface area contributed by atoms with E-state index in [-0.39, 0.29) is 6.10 Å². The van der Waals surface area contributed by atoms with E-state index < -0.39 is 0 Å². The van der Waals surface area contributed by atoms with Crippen LogP contribution in [0.5, 0.6) is 5.75 Å². The van der Waals surface area contributed by atoms with Crippen LogP contribution in [0.15, 0.2) is 24.3 Å². The molecule has 1 atom stereocenters. The molecule has 2 heteroatoms. The number of rotatable bonds is 3. The molecule has 1 aromatic carbocycles. The van der Waals surface area contributed by atoms with Crippen LogP contribution in [-0.4, -0.2) is 12.6 Å². The molecule has 0 saturated carbocycles. The summed E-state index contributed by atoms with van der Waals surface area (Å²) in [6, 6.07) is 7.95. The highest BCUT2D eigenvalue weighted by molar-refractivity contribution is 5.31. The molecule has 0 unspecified atom stereocenters. The van der Waals surface area contributed by atoms with Gasteiger partial charge in [0.15, 0.2) is 0 Å². The quantitative estimate of drug-likeness (QED) is 0.740. The van der Waals surface area contributed by atoms with Gasteiger partial charge in [-0.05, 0) is 25.5 Å². The Labute approximate surface area is 73.3 Å². The van der Waals surface area contributed by atoms with Gasteiger partial charge in [-0.15, -0.1) is 0 Å². The molecule has 0 heterocycles. The Morgan fingerprint density at radius 2 is 2.08 bits per heavy atom. The predicted octanol–water partition coefficient (Wildman–Crippen LogP) is 1.72. The normalized spacial score (nSPS) is 12.6. The Bertz CT molecular complexity index is 247. The lowest BCUT2D eigenvalue weighted by atomic mass is 10.2. The van der Waals surface area contributed by atoms with Crippen molar-refractivity contribution in [3.8, 4) is 5.75 Å². The fourth-order valence-corrected chi connectivity index (χ4v) is 0.954. The zero-order valence-electron chi connectivity index (χ0n) is 7.58. The summed E-state index contributed by atoms with van der Waals surface area (Å²) in [7, 11) is 0. The molecular formula is C10H15NO. The maximum absolute atomic E-state index is 5.57. The maximum atomic E-state index is 5.57. The van der Waals surface area contributed by atoms with Crippen LogP contribution in [0.4, 0.5) is 0 Å². The summed E-state index contributed by atoms with van der Waals surface area (Å²) in [5.41, 5.74) is 6.60. The Morgan fingerprint density at radius 3 is 2.67 bits per heavy atom. The second-order valence-corrected chi connectivity index (χ2v) is 2.93. The van der Waals surface area contributed by atoms with E-state index in [4.69, 9.17) is 10.5 Å². The smallest absolute Gasteiger partial charge is 0.122 e. The van der Waals surface area contributed by atoms with Gasteiger partial charge in [0.2, 0.25) is 0 Å². The molecule has 0 saturated heterocycles. The SMILES string of the molecule is Cc1ccccc1O[C@@H](C)CN. The van der Waals surface area contributed by atoms with E-state index in [0.29, 0.717) is 6.54 Å². The van der Waals surface area contributed by atoms with E-state index in [0.717, 1.165) is 11.3 Å². The number of ether oxygens (including phenoxy) is 1. The summed E-state index contributed by atoms with van der Waals surface area (Å²) < 4.78 is 5.57. The van der Waals surface area contributed by atoms with E-state index in [1.807, 2.05) is 38.1 Å². The van der Waals surface area contributed by atoms with Gasteiger partial charge in [0, 0.05) is 6.54 Å². The number of para-hydroxylation sites is 1. The highest BCUT2D eigenvalue weighted by Crippen LogP contribution is 2.17. The first kappa shape index (κ1) is 9.07. The first-order chi connectivity index (χ1) is 5.74. The van der Waals surface area contributed by atoms with Gasteiger partial charge in [-0.3, -0.25) is 0 Å². The van der Waals surface area contributed by atoms with Gasteiger partial charge in [-0.25, -0.2) is 0 Å². The average molecular weight is 165 g/mol. The van der Waals surface area contributed by atoms with Crippen molar-refractivity contribution >= 4 is 0 Å². The molecule has 66 valence electrons.